The highest BCUT2D eigenvalue weighted by Gasteiger charge is 2.06. The summed E-state index contributed by atoms with van der Waals surface area (Å²) in [6.07, 6.45) is 0. The van der Waals surface area contributed by atoms with E-state index < -0.39 is 0 Å². The molecule has 0 saturated heterocycles. The Hall–Kier alpha value is -1.03. The maximum atomic E-state index is 13.2. The van der Waals surface area contributed by atoms with E-state index in [1.165, 1.54) is 17.8 Å². The average molecular weight is 227 g/mol. The van der Waals surface area contributed by atoms with Crippen molar-refractivity contribution in [1.29, 1.82) is 0 Å². The van der Waals surface area contributed by atoms with Crippen LogP contribution in [0.1, 0.15) is 13.8 Å². The first-order chi connectivity index (χ1) is 7.09. The second-order valence-electron chi connectivity index (χ2n) is 3.44. The lowest BCUT2D eigenvalue weighted by molar-refractivity contribution is -0.119. The number of benzene rings is 1. The first kappa shape index (κ1) is 12.0. The monoisotopic (exact) mass is 227 g/mol. The lowest BCUT2D eigenvalue weighted by Crippen LogP contribution is -2.31. The first-order valence-corrected chi connectivity index (χ1v) is 5.75. The summed E-state index contributed by atoms with van der Waals surface area (Å²) in [5.74, 6) is -0.0999. The molecular weight excluding hydrogens is 213 g/mol. The number of rotatable bonds is 4. The van der Waals surface area contributed by atoms with Gasteiger partial charge in [0.05, 0.1) is 5.75 Å². The SMILES string of the molecule is CC(C)NC(=O)CSc1ccccc1F. The van der Waals surface area contributed by atoms with Crippen LogP contribution in [-0.2, 0) is 4.79 Å². The smallest absolute Gasteiger partial charge is 0.230 e. The number of hydrogen-bond donors (Lipinski definition) is 1. The Morgan fingerprint density at radius 1 is 1.47 bits per heavy atom. The van der Waals surface area contributed by atoms with E-state index in [0.717, 1.165) is 0 Å². The molecule has 4 heteroatoms. The normalized spacial score (nSPS) is 10.4. The molecule has 0 radical (unpaired) electrons. The maximum absolute atomic E-state index is 13.2. The topological polar surface area (TPSA) is 29.1 Å². The van der Waals surface area contributed by atoms with E-state index in [4.69, 9.17) is 0 Å². The summed E-state index contributed by atoms with van der Waals surface area (Å²) in [6, 6.07) is 6.57. The van der Waals surface area contributed by atoms with Crippen molar-refractivity contribution < 1.29 is 9.18 Å². The molecule has 0 aromatic heterocycles. The summed E-state index contributed by atoms with van der Waals surface area (Å²) in [6.45, 7) is 3.79. The van der Waals surface area contributed by atoms with Crippen LogP contribution in [0.3, 0.4) is 0 Å². The van der Waals surface area contributed by atoms with Crippen LogP contribution >= 0.6 is 11.8 Å². The van der Waals surface area contributed by atoms with Gasteiger partial charge in [-0.05, 0) is 26.0 Å². The molecule has 1 rings (SSSR count). The molecule has 1 aromatic rings. The number of nitrogens with one attached hydrogen (secondary N) is 1. The third kappa shape index (κ3) is 4.34. The van der Waals surface area contributed by atoms with Gasteiger partial charge in [-0.1, -0.05) is 12.1 Å². The van der Waals surface area contributed by atoms with Crippen LogP contribution in [0.2, 0.25) is 0 Å². The fourth-order valence-corrected chi connectivity index (χ4v) is 1.82. The molecule has 1 amide bonds. The Bertz CT molecular complexity index is 341. The second-order valence-corrected chi connectivity index (χ2v) is 4.46. The Labute approximate surface area is 93.3 Å². The van der Waals surface area contributed by atoms with Crippen LogP contribution < -0.4 is 5.32 Å². The van der Waals surface area contributed by atoms with Gasteiger partial charge in [0.15, 0.2) is 0 Å². The zero-order valence-electron chi connectivity index (χ0n) is 8.79. The Balaban J connectivity index is 2.44. The first-order valence-electron chi connectivity index (χ1n) is 4.76. The van der Waals surface area contributed by atoms with Crippen molar-refractivity contribution in [2.24, 2.45) is 0 Å². The quantitative estimate of drug-likeness (QED) is 0.800. The van der Waals surface area contributed by atoms with Gasteiger partial charge in [0, 0.05) is 10.9 Å². The van der Waals surface area contributed by atoms with E-state index in [0.29, 0.717) is 4.90 Å². The van der Waals surface area contributed by atoms with Crippen molar-refractivity contribution in [3.63, 3.8) is 0 Å². The van der Waals surface area contributed by atoms with Crippen molar-refractivity contribution in [3.05, 3.63) is 30.1 Å². The number of carbonyl (C=O) groups excluding carboxylic acids is 1. The number of thioether (sulfide) groups is 1. The molecule has 82 valence electrons. The minimum atomic E-state index is -0.278. The molecule has 2 nitrogen and oxygen atoms in total. The molecule has 1 aromatic carbocycles. The lowest BCUT2D eigenvalue weighted by atomic mass is 10.3. The van der Waals surface area contributed by atoms with Crippen molar-refractivity contribution in [2.75, 3.05) is 5.75 Å². The predicted molar refractivity (Wildman–Crippen MR) is 60.4 cm³/mol. The van der Waals surface area contributed by atoms with Gasteiger partial charge in [0.2, 0.25) is 5.91 Å². The van der Waals surface area contributed by atoms with E-state index in [-0.39, 0.29) is 23.5 Å². The zero-order valence-corrected chi connectivity index (χ0v) is 9.60. The average Bonchev–Trinajstić information content (AvgIpc) is 2.15. The minimum absolute atomic E-state index is 0.0711. The third-order valence-electron chi connectivity index (χ3n) is 1.65. The summed E-state index contributed by atoms with van der Waals surface area (Å²) in [4.78, 5) is 11.8. The maximum Gasteiger partial charge on any atom is 0.230 e. The molecule has 0 bridgehead atoms. The summed E-state index contributed by atoms with van der Waals surface area (Å²) in [5.41, 5.74) is 0. The van der Waals surface area contributed by atoms with E-state index in [1.54, 1.807) is 18.2 Å². The standard InChI is InChI=1S/C11H14FNOS/c1-8(2)13-11(14)7-15-10-6-4-3-5-9(10)12/h3-6,8H,7H2,1-2H3,(H,13,14). The molecule has 0 aliphatic rings. The number of halogens is 1. The van der Waals surface area contributed by atoms with E-state index in [2.05, 4.69) is 5.32 Å². The summed E-state index contributed by atoms with van der Waals surface area (Å²) >= 11 is 1.21. The van der Waals surface area contributed by atoms with Gasteiger partial charge in [0.1, 0.15) is 5.82 Å². The highest BCUT2D eigenvalue weighted by Crippen LogP contribution is 2.20. The van der Waals surface area contributed by atoms with Crippen LogP contribution in [0.4, 0.5) is 4.39 Å². The Kier molecular flexibility index (Phi) is 4.62. The van der Waals surface area contributed by atoms with Gasteiger partial charge in [-0.3, -0.25) is 4.79 Å². The minimum Gasteiger partial charge on any atom is -0.353 e. The molecule has 0 saturated carbocycles. The molecule has 0 heterocycles. The Morgan fingerprint density at radius 3 is 2.73 bits per heavy atom. The van der Waals surface area contributed by atoms with Crippen LogP contribution in [0.15, 0.2) is 29.2 Å². The summed E-state index contributed by atoms with van der Waals surface area (Å²) < 4.78 is 13.2. The highest BCUT2D eigenvalue weighted by atomic mass is 32.2. The fraction of sp³-hybridized carbons (Fsp3) is 0.364. The van der Waals surface area contributed by atoms with E-state index in [1.807, 2.05) is 13.8 Å². The lowest BCUT2D eigenvalue weighted by Gasteiger charge is -2.07. The molecule has 15 heavy (non-hydrogen) atoms. The molecule has 0 spiro atoms. The molecule has 0 fully saturated rings. The van der Waals surface area contributed by atoms with Gasteiger partial charge in [0.25, 0.3) is 0 Å². The number of hydrogen-bond acceptors (Lipinski definition) is 2. The molecule has 0 unspecified atom stereocenters. The fourth-order valence-electron chi connectivity index (χ4n) is 1.07. The van der Waals surface area contributed by atoms with Gasteiger partial charge in [-0.15, -0.1) is 11.8 Å². The van der Waals surface area contributed by atoms with Crippen LogP contribution in [0, 0.1) is 5.82 Å². The van der Waals surface area contributed by atoms with Gasteiger partial charge in [-0.25, -0.2) is 4.39 Å². The van der Waals surface area contributed by atoms with E-state index in [9.17, 15) is 9.18 Å². The van der Waals surface area contributed by atoms with Gasteiger partial charge in [-0.2, -0.15) is 0 Å². The van der Waals surface area contributed by atoms with Crippen LogP contribution in [0.25, 0.3) is 0 Å². The molecule has 0 atom stereocenters. The van der Waals surface area contributed by atoms with E-state index >= 15 is 0 Å². The highest BCUT2D eigenvalue weighted by molar-refractivity contribution is 8.00. The predicted octanol–water partition coefficient (Wildman–Crippen LogP) is 2.44. The molecule has 0 aliphatic carbocycles. The van der Waals surface area contributed by atoms with Crippen LogP contribution in [0.5, 0.6) is 0 Å². The molecular formula is C11H14FNOS. The third-order valence-corrected chi connectivity index (χ3v) is 2.69. The van der Waals surface area contributed by atoms with Crippen molar-refractivity contribution in [3.8, 4) is 0 Å². The van der Waals surface area contributed by atoms with Crippen molar-refractivity contribution >= 4 is 17.7 Å². The largest absolute Gasteiger partial charge is 0.353 e. The van der Waals surface area contributed by atoms with Crippen LogP contribution in [-0.4, -0.2) is 17.7 Å². The number of amides is 1. The Morgan fingerprint density at radius 2 is 2.13 bits per heavy atom. The van der Waals surface area contributed by atoms with Crippen molar-refractivity contribution in [2.45, 2.75) is 24.8 Å². The van der Waals surface area contributed by atoms with Gasteiger partial charge < -0.3 is 5.32 Å². The summed E-state index contributed by atoms with van der Waals surface area (Å²) in [5, 5.41) is 2.75. The summed E-state index contributed by atoms with van der Waals surface area (Å²) in [7, 11) is 0. The number of carbonyl (C=O) groups is 1. The molecule has 0 aliphatic heterocycles. The van der Waals surface area contributed by atoms with Gasteiger partial charge >= 0.3 is 0 Å². The second kappa shape index (κ2) is 5.75. The van der Waals surface area contributed by atoms with Crippen molar-refractivity contribution in [1.82, 2.24) is 5.32 Å². The zero-order chi connectivity index (χ0) is 11.3. The molecule has 1 N–H and O–H groups in total.